The fourth-order valence-corrected chi connectivity index (χ4v) is 4.25. The molecule has 1 aromatic heterocycles. The monoisotopic (exact) mass is 453 g/mol. The van der Waals surface area contributed by atoms with Gasteiger partial charge in [0, 0.05) is 42.5 Å². The van der Waals surface area contributed by atoms with Gasteiger partial charge in [-0.25, -0.2) is 4.39 Å². The second-order valence-electron chi connectivity index (χ2n) is 8.02. The van der Waals surface area contributed by atoms with E-state index in [0.29, 0.717) is 19.4 Å². The standard InChI is InChI=1S/C26H28FNO5/c1-2-31-26-20(7-5-13-29)21(22-16-32-23-8-4-3-6-19(22)23)14-24(33-26)25(30)28-15-17-9-11-18(27)12-10-17/h3-4,6,8-12,14,16,20-21,26,29H,2,5,7,13,15H2,1H3,(H,28,30). The van der Waals surface area contributed by atoms with E-state index in [9.17, 15) is 14.3 Å². The predicted molar refractivity (Wildman–Crippen MR) is 122 cm³/mol. The van der Waals surface area contributed by atoms with Crippen LogP contribution in [0.1, 0.15) is 36.8 Å². The van der Waals surface area contributed by atoms with E-state index in [0.717, 1.165) is 22.1 Å². The van der Waals surface area contributed by atoms with Gasteiger partial charge in [0.1, 0.15) is 11.4 Å². The normalized spacial score (nSPS) is 20.3. The van der Waals surface area contributed by atoms with Crippen LogP contribution in [0.25, 0.3) is 11.0 Å². The minimum atomic E-state index is -0.642. The van der Waals surface area contributed by atoms with Crippen LogP contribution in [0.2, 0.25) is 0 Å². The van der Waals surface area contributed by atoms with Crippen molar-refractivity contribution in [3.8, 4) is 0 Å². The Bertz CT molecular complexity index is 1110. The molecule has 1 aliphatic heterocycles. The van der Waals surface area contributed by atoms with Gasteiger partial charge < -0.3 is 24.3 Å². The number of fused-ring (bicyclic) bond motifs is 1. The molecule has 1 aliphatic rings. The van der Waals surface area contributed by atoms with Crippen LogP contribution in [-0.4, -0.2) is 30.5 Å². The van der Waals surface area contributed by atoms with E-state index in [1.54, 1.807) is 18.4 Å². The first kappa shape index (κ1) is 23.0. The van der Waals surface area contributed by atoms with Crippen molar-refractivity contribution >= 4 is 16.9 Å². The molecular formula is C26H28FNO5. The Labute approximate surface area is 192 Å². The van der Waals surface area contributed by atoms with Gasteiger partial charge in [-0.2, -0.15) is 0 Å². The smallest absolute Gasteiger partial charge is 0.286 e. The van der Waals surface area contributed by atoms with E-state index in [4.69, 9.17) is 13.9 Å². The number of aliphatic hydroxyl groups is 1. The Kier molecular flexibility index (Phi) is 7.42. The average molecular weight is 454 g/mol. The van der Waals surface area contributed by atoms with Gasteiger partial charge in [-0.3, -0.25) is 4.79 Å². The summed E-state index contributed by atoms with van der Waals surface area (Å²) < 4.78 is 30.8. The second-order valence-corrected chi connectivity index (χ2v) is 8.02. The molecule has 1 amide bonds. The van der Waals surface area contributed by atoms with Crippen LogP contribution in [0.3, 0.4) is 0 Å². The molecule has 7 heteroatoms. The van der Waals surface area contributed by atoms with Gasteiger partial charge in [0.15, 0.2) is 5.76 Å². The summed E-state index contributed by atoms with van der Waals surface area (Å²) in [4.78, 5) is 13.0. The molecule has 2 heterocycles. The number of ether oxygens (including phenoxy) is 2. The van der Waals surface area contributed by atoms with Crippen LogP contribution < -0.4 is 5.32 Å². The first-order chi connectivity index (χ1) is 16.1. The highest BCUT2D eigenvalue weighted by Gasteiger charge is 2.39. The van der Waals surface area contributed by atoms with Crippen LogP contribution in [0.4, 0.5) is 4.39 Å². The van der Waals surface area contributed by atoms with Gasteiger partial charge >= 0.3 is 0 Å². The minimum Gasteiger partial charge on any atom is -0.464 e. The molecule has 4 rings (SSSR count). The van der Waals surface area contributed by atoms with Crippen molar-refractivity contribution in [1.82, 2.24) is 5.32 Å². The number of allylic oxidation sites excluding steroid dienone is 1. The van der Waals surface area contributed by atoms with Crippen molar-refractivity contribution in [3.63, 3.8) is 0 Å². The highest BCUT2D eigenvalue weighted by atomic mass is 19.1. The number of hydrogen-bond acceptors (Lipinski definition) is 5. The number of carbonyl (C=O) groups excluding carboxylic acids is 1. The van der Waals surface area contributed by atoms with Crippen molar-refractivity contribution in [2.24, 2.45) is 5.92 Å². The molecule has 0 radical (unpaired) electrons. The van der Waals surface area contributed by atoms with Gasteiger partial charge in [-0.15, -0.1) is 0 Å². The van der Waals surface area contributed by atoms with Gasteiger partial charge in [0.25, 0.3) is 5.91 Å². The van der Waals surface area contributed by atoms with Crippen LogP contribution >= 0.6 is 0 Å². The number of carbonyl (C=O) groups is 1. The quantitative estimate of drug-likeness (QED) is 0.494. The summed E-state index contributed by atoms with van der Waals surface area (Å²) in [7, 11) is 0. The SMILES string of the molecule is CCOC1OC(C(=O)NCc2ccc(F)cc2)=CC(c2coc3ccccc23)C1CCCO. The molecule has 0 fully saturated rings. The number of nitrogens with one attached hydrogen (secondary N) is 1. The predicted octanol–water partition coefficient (Wildman–Crippen LogP) is 4.64. The van der Waals surface area contributed by atoms with Crippen LogP contribution in [0, 0.1) is 11.7 Å². The van der Waals surface area contributed by atoms with E-state index in [2.05, 4.69) is 5.32 Å². The third-order valence-corrected chi connectivity index (χ3v) is 5.87. The maximum absolute atomic E-state index is 13.2. The van der Waals surface area contributed by atoms with Crippen LogP contribution in [0.5, 0.6) is 0 Å². The first-order valence-corrected chi connectivity index (χ1v) is 11.2. The first-order valence-electron chi connectivity index (χ1n) is 11.2. The summed E-state index contributed by atoms with van der Waals surface area (Å²) >= 11 is 0. The third kappa shape index (κ3) is 5.26. The summed E-state index contributed by atoms with van der Waals surface area (Å²) in [5.74, 6) is -0.829. The molecule has 0 spiro atoms. The number of halogens is 1. The van der Waals surface area contributed by atoms with Gasteiger partial charge in [-0.1, -0.05) is 30.3 Å². The zero-order valence-electron chi connectivity index (χ0n) is 18.5. The lowest BCUT2D eigenvalue weighted by Crippen LogP contribution is -2.38. The molecule has 0 saturated carbocycles. The summed E-state index contributed by atoms with van der Waals surface area (Å²) in [6.07, 6.45) is 4.14. The maximum atomic E-state index is 13.2. The van der Waals surface area contributed by atoms with Crippen molar-refractivity contribution in [2.45, 2.75) is 38.5 Å². The Morgan fingerprint density at radius 2 is 1.97 bits per heavy atom. The van der Waals surface area contributed by atoms with E-state index >= 15 is 0 Å². The Balaban J connectivity index is 1.64. The highest BCUT2D eigenvalue weighted by Crippen LogP contribution is 2.42. The zero-order valence-corrected chi connectivity index (χ0v) is 18.5. The fourth-order valence-electron chi connectivity index (χ4n) is 4.25. The largest absolute Gasteiger partial charge is 0.464 e. The zero-order chi connectivity index (χ0) is 23.2. The third-order valence-electron chi connectivity index (χ3n) is 5.87. The highest BCUT2D eigenvalue weighted by molar-refractivity contribution is 5.92. The molecule has 0 aliphatic carbocycles. The lowest BCUT2D eigenvalue weighted by Gasteiger charge is -2.36. The van der Waals surface area contributed by atoms with Crippen molar-refractivity contribution in [1.29, 1.82) is 0 Å². The number of rotatable bonds is 9. The lowest BCUT2D eigenvalue weighted by molar-refractivity contribution is -0.166. The summed E-state index contributed by atoms with van der Waals surface area (Å²) in [6.45, 7) is 2.60. The van der Waals surface area contributed by atoms with Crippen LogP contribution in [-0.2, 0) is 20.8 Å². The molecule has 33 heavy (non-hydrogen) atoms. The van der Waals surface area contributed by atoms with Crippen molar-refractivity contribution < 1.29 is 28.2 Å². The summed E-state index contributed by atoms with van der Waals surface area (Å²) in [5.41, 5.74) is 2.50. The van der Waals surface area contributed by atoms with Crippen LogP contribution in [0.15, 0.2) is 71.0 Å². The minimum absolute atomic E-state index is 0.0585. The Morgan fingerprint density at radius 1 is 1.18 bits per heavy atom. The lowest BCUT2D eigenvalue weighted by atomic mass is 9.80. The Morgan fingerprint density at radius 3 is 2.73 bits per heavy atom. The number of furan rings is 1. The molecule has 174 valence electrons. The van der Waals surface area contributed by atoms with E-state index in [1.807, 2.05) is 37.3 Å². The van der Waals surface area contributed by atoms with Crippen molar-refractivity contribution in [2.75, 3.05) is 13.2 Å². The second kappa shape index (κ2) is 10.6. The van der Waals surface area contributed by atoms with Crippen molar-refractivity contribution in [3.05, 3.63) is 83.6 Å². The number of benzene rings is 2. The molecule has 6 nitrogen and oxygen atoms in total. The number of para-hydroxylation sites is 1. The average Bonchev–Trinajstić information content (AvgIpc) is 3.26. The fraction of sp³-hybridized carbons (Fsp3) is 0.346. The Hall–Kier alpha value is -3.16. The molecule has 0 bridgehead atoms. The summed E-state index contributed by atoms with van der Waals surface area (Å²) in [6, 6.07) is 13.7. The molecule has 3 atom stereocenters. The maximum Gasteiger partial charge on any atom is 0.286 e. The van der Waals surface area contributed by atoms with E-state index in [-0.39, 0.29) is 42.5 Å². The molecular weight excluding hydrogens is 425 g/mol. The van der Waals surface area contributed by atoms with Gasteiger partial charge in [0.05, 0.1) is 6.26 Å². The molecule has 2 N–H and O–H groups in total. The molecule has 3 aromatic rings. The van der Waals surface area contributed by atoms with Gasteiger partial charge in [-0.05, 0) is 49.6 Å². The summed E-state index contributed by atoms with van der Waals surface area (Å²) in [5, 5.41) is 13.2. The molecule has 0 saturated heterocycles. The number of aliphatic hydroxyl groups excluding tert-OH is 1. The molecule has 2 aromatic carbocycles. The number of amides is 1. The van der Waals surface area contributed by atoms with Gasteiger partial charge in [0.2, 0.25) is 6.29 Å². The van der Waals surface area contributed by atoms with E-state index < -0.39 is 6.29 Å². The number of hydrogen-bond donors (Lipinski definition) is 2. The molecule has 3 unspecified atom stereocenters. The topological polar surface area (TPSA) is 80.9 Å². The van der Waals surface area contributed by atoms with E-state index in [1.165, 1.54) is 12.1 Å².